The normalized spacial score (nSPS) is 18.6. The standard InChI is InChI=1S/C21H18/c1-13-4-2-7-16-12-17-9-8-14-5-3-6-15-10-11-18(19(13)16)21(17)20(14)15/h3,5-6,8-13H,2,4,7H2,1H3. The zero-order chi connectivity index (χ0) is 14.0. The van der Waals surface area contributed by atoms with Gasteiger partial charge in [-0.05, 0) is 68.6 Å². The molecule has 1 aliphatic carbocycles. The summed E-state index contributed by atoms with van der Waals surface area (Å²) >= 11 is 0. The van der Waals surface area contributed by atoms with E-state index in [9.17, 15) is 0 Å². The van der Waals surface area contributed by atoms with Crippen molar-refractivity contribution in [2.75, 3.05) is 0 Å². The lowest BCUT2D eigenvalue weighted by atomic mass is 9.79. The van der Waals surface area contributed by atoms with Crippen molar-refractivity contribution in [1.29, 1.82) is 0 Å². The molecule has 0 bridgehead atoms. The van der Waals surface area contributed by atoms with Gasteiger partial charge in [0.05, 0.1) is 0 Å². The minimum atomic E-state index is 0.693. The van der Waals surface area contributed by atoms with E-state index in [4.69, 9.17) is 0 Å². The second kappa shape index (κ2) is 3.98. The van der Waals surface area contributed by atoms with Gasteiger partial charge in [-0.15, -0.1) is 0 Å². The quantitative estimate of drug-likeness (QED) is 0.342. The SMILES string of the molecule is CC1CCCc2cc3ccc4cccc5ccc(c21)c3c45. The molecule has 5 rings (SSSR count). The van der Waals surface area contributed by atoms with Crippen LogP contribution in [0.1, 0.15) is 36.8 Å². The minimum absolute atomic E-state index is 0.693. The summed E-state index contributed by atoms with van der Waals surface area (Å²) in [6.45, 7) is 2.40. The predicted octanol–water partition coefficient (Wildman–Crippen LogP) is 6.02. The number of hydrogen-bond donors (Lipinski definition) is 0. The third-order valence-corrected chi connectivity index (χ3v) is 5.35. The first-order valence-electron chi connectivity index (χ1n) is 8.02. The molecular formula is C21H18. The Morgan fingerprint density at radius 2 is 1.62 bits per heavy atom. The smallest absolute Gasteiger partial charge is 0.00237 e. The highest BCUT2D eigenvalue weighted by atomic mass is 14.3. The monoisotopic (exact) mass is 270 g/mol. The summed E-state index contributed by atoms with van der Waals surface area (Å²) in [6.07, 6.45) is 3.91. The summed E-state index contributed by atoms with van der Waals surface area (Å²) in [6, 6.07) is 18.4. The van der Waals surface area contributed by atoms with Crippen LogP contribution in [0.4, 0.5) is 0 Å². The maximum atomic E-state index is 2.46. The number of aryl methyl sites for hydroxylation is 1. The average Bonchev–Trinajstić information content (AvgIpc) is 2.52. The Morgan fingerprint density at radius 3 is 2.48 bits per heavy atom. The third kappa shape index (κ3) is 1.45. The Bertz CT molecular complexity index is 962. The van der Waals surface area contributed by atoms with Gasteiger partial charge >= 0.3 is 0 Å². The van der Waals surface area contributed by atoms with Crippen molar-refractivity contribution in [2.45, 2.75) is 32.1 Å². The summed E-state index contributed by atoms with van der Waals surface area (Å²) in [5, 5.41) is 8.59. The maximum Gasteiger partial charge on any atom is -0.00237 e. The molecule has 0 amide bonds. The van der Waals surface area contributed by atoms with Gasteiger partial charge in [0.25, 0.3) is 0 Å². The van der Waals surface area contributed by atoms with Crippen molar-refractivity contribution < 1.29 is 0 Å². The predicted molar refractivity (Wildman–Crippen MR) is 91.5 cm³/mol. The molecule has 0 heteroatoms. The molecule has 4 aromatic rings. The third-order valence-electron chi connectivity index (χ3n) is 5.35. The maximum absolute atomic E-state index is 2.46. The zero-order valence-electron chi connectivity index (χ0n) is 12.3. The van der Waals surface area contributed by atoms with Crippen LogP contribution in [0.15, 0.2) is 48.5 Å². The van der Waals surface area contributed by atoms with Crippen LogP contribution in [0, 0.1) is 0 Å². The molecule has 0 heterocycles. The van der Waals surface area contributed by atoms with Gasteiger partial charge in [-0.25, -0.2) is 0 Å². The van der Waals surface area contributed by atoms with E-state index in [2.05, 4.69) is 55.5 Å². The van der Waals surface area contributed by atoms with E-state index in [0.29, 0.717) is 5.92 Å². The molecule has 1 aliphatic rings. The van der Waals surface area contributed by atoms with E-state index in [1.807, 2.05) is 0 Å². The van der Waals surface area contributed by atoms with Crippen LogP contribution < -0.4 is 0 Å². The molecule has 4 aromatic carbocycles. The molecule has 21 heavy (non-hydrogen) atoms. The zero-order valence-corrected chi connectivity index (χ0v) is 12.3. The second-order valence-corrected chi connectivity index (χ2v) is 6.60. The fraction of sp³-hybridized carbons (Fsp3) is 0.238. The van der Waals surface area contributed by atoms with Crippen molar-refractivity contribution in [3.05, 3.63) is 59.7 Å². The summed E-state index contributed by atoms with van der Waals surface area (Å²) in [5.41, 5.74) is 3.20. The highest BCUT2D eigenvalue weighted by Crippen LogP contribution is 2.42. The molecule has 1 unspecified atom stereocenters. The van der Waals surface area contributed by atoms with Gasteiger partial charge in [0, 0.05) is 0 Å². The first-order chi connectivity index (χ1) is 10.3. The Balaban J connectivity index is 2.08. The largest absolute Gasteiger partial charge is 0.0610 e. The van der Waals surface area contributed by atoms with Crippen LogP contribution in [0.3, 0.4) is 0 Å². The summed E-state index contributed by atoms with van der Waals surface area (Å²) in [5.74, 6) is 0.693. The molecule has 0 saturated carbocycles. The minimum Gasteiger partial charge on any atom is -0.0610 e. The van der Waals surface area contributed by atoms with E-state index in [-0.39, 0.29) is 0 Å². The molecule has 0 nitrogen and oxygen atoms in total. The van der Waals surface area contributed by atoms with E-state index in [1.54, 1.807) is 11.1 Å². The van der Waals surface area contributed by atoms with Crippen molar-refractivity contribution >= 4 is 32.3 Å². The molecule has 0 radical (unpaired) electrons. The first-order valence-corrected chi connectivity index (χ1v) is 8.02. The highest BCUT2D eigenvalue weighted by Gasteiger charge is 2.21. The lowest BCUT2D eigenvalue weighted by Gasteiger charge is -2.26. The lowest BCUT2D eigenvalue weighted by molar-refractivity contribution is 0.595. The second-order valence-electron chi connectivity index (χ2n) is 6.60. The molecule has 0 fully saturated rings. The number of hydrogen-bond acceptors (Lipinski definition) is 0. The molecule has 0 saturated heterocycles. The van der Waals surface area contributed by atoms with Gasteiger partial charge in [0.2, 0.25) is 0 Å². The number of benzene rings is 4. The van der Waals surface area contributed by atoms with Gasteiger partial charge in [-0.1, -0.05) is 55.5 Å². The van der Waals surface area contributed by atoms with Gasteiger partial charge in [-0.2, -0.15) is 0 Å². The molecule has 102 valence electrons. The van der Waals surface area contributed by atoms with Crippen molar-refractivity contribution in [3.63, 3.8) is 0 Å². The van der Waals surface area contributed by atoms with E-state index >= 15 is 0 Å². The summed E-state index contributed by atoms with van der Waals surface area (Å²) in [7, 11) is 0. The van der Waals surface area contributed by atoms with Crippen LogP contribution in [-0.4, -0.2) is 0 Å². The van der Waals surface area contributed by atoms with Gasteiger partial charge in [-0.3, -0.25) is 0 Å². The fourth-order valence-electron chi connectivity index (χ4n) is 4.42. The Morgan fingerprint density at radius 1 is 0.857 bits per heavy atom. The Hall–Kier alpha value is -2.08. The van der Waals surface area contributed by atoms with Crippen molar-refractivity contribution in [2.24, 2.45) is 0 Å². The summed E-state index contributed by atoms with van der Waals surface area (Å²) in [4.78, 5) is 0. The van der Waals surface area contributed by atoms with Crippen molar-refractivity contribution in [1.82, 2.24) is 0 Å². The highest BCUT2D eigenvalue weighted by molar-refractivity contribution is 6.23. The van der Waals surface area contributed by atoms with Crippen molar-refractivity contribution in [3.8, 4) is 0 Å². The van der Waals surface area contributed by atoms with Crippen LogP contribution in [-0.2, 0) is 6.42 Å². The van der Waals surface area contributed by atoms with E-state index < -0.39 is 0 Å². The van der Waals surface area contributed by atoms with E-state index in [0.717, 1.165) is 0 Å². The fourth-order valence-corrected chi connectivity index (χ4v) is 4.42. The topological polar surface area (TPSA) is 0 Å². The molecular weight excluding hydrogens is 252 g/mol. The Kier molecular flexibility index (Phi) is 2.19. The average molecular weight is 270 g/mol. The Labute approximate surface area is 124 Å². The van der Waals surface area contributed by atoms with Gasteiger partial charge < -0.3 is 0 Å². The first kappa shape index (κ1) is 11.6. The van der Waals surface area contributed by atoms with Crippen LogP contribution >= 0.6 is 0 Å². The molecule has 1 atom stereocenters. The molecule has 0 spiro atoms. The lowest BCUT2D eigenvalue weighted by Crippen LogP contribution is -2.08. The van der Waals surface area contributed by atoms with E-state index in [1.165, 1.54) is 51.6 Å². The van der Waals surface area contributed by atoms with Crippen LogP contribution in [0.25, 0.3) is 32.3 Å². The summed E-state index contributed by atoms with van der Waals surface area (Å²) < 4.78 is 0. The van der Waals surface area contributed by atoms with Gasteiger partial charge in [0.1, 0.15) is 0 Å². The van der Waals surface area contributed by atoms with Crippen LogP contribution in [0.2, 0.25) is 0 Å². The number of fused-ring (bicyclic) bond motifs is 2. The molecule has 0 aliphatic heterocycles. The van der Waals surface area contributed by atoms with Gasteiger partial charge in [0.15, 0.2) is 0 Å². The molecule has 0 aromatic heterocycles. The van der Waals surface area contributed by atoms with Crippen LogP contribution in [0.5, 0.6) is 0 Å². The number of rotatable bonds is 0. The molecule has 0 N–H and O–H groups in total.